The van der Waals surface area contributed by atoms with Crippen LogP contribution in [0.2, 0.25) is 0 Å². The molecule has 0 saturated carbocycles. The van der Waals surface area contributed by atoms with Gasteiger partial charge in [0.15, 0.2) is 0 Å². The molecule has 1 aliphatic rings. The molecule has 8 heteroatoms. The topological polar surface area (TPSA) is 105 Å². The third kappa shape index (κ3) is 3.14. The number of carbonyl (C=O) groups is 3. The number of rotatable bonds is 3. The van der Waals surface area contributed by atoms with E-state index in [9.17, 15) is 14.4 Å². The zero-order valence-corrected chi connectivity index (χ0v) is 11.8. The average Bonchev–Trinajstić information content (AvgIpc) is 3.05. The van der Waals surface area contributed by atoms with Crippen LogP contribution >= 0.6 is 11.3 Å². The third-order valence-electron chi connectivity index (χ3n) is 3.05. The predicted octanol–water partition coefficient (Wildman–Crippen LogP) is -0.298. The molecule has 7 nitrogen and oxygen atoms in total. The van der Waals surface area contributed by atoms with E-state index in [0.29, 0.717) is 22.8 Å². The maximum absolute atomic E-state index is 12.3. The van der Waals surface area contributed by atoms with Crippen LogP contribution in [0.5, 0.6) is 0 Å². The summed E-state index contributed by atoms with van der Waals surface area (Å²) in [6.45, 7) is 2.55. The number of thiophene rings is 1. The van der Waals surface area contributed by atoms with E-state index in [1.165, 1.54) is 6.92 Å². The molecule has 1 saturated heterocycles. The van der Waals surface area contributed by atoms with Gasteiger partial charge in [-0.05, 0) is 18.6 Å². The Kier molecular flexibility index (Phi) is 4.35. The van der Waals surface area contributed by atoms with E-state index in [-0.39, 0.29) is 17.9 Å². The number of likely N-dealkylation sites (tertiary alicyclic amines) is 1. The minimum Gasteiger partial charge on any atom is -0.352 e. The van der Waals surface area contributed by atoms with Crippen LogP contribution in [-0.2, 0) is 4.79 Å². The smallest absolute Gasteiger partial charge is 0.275 e. The van der Waals surface area contributed by atoms with Gasteiger partial charge >= 0.3 is 0 Å². The first kappa shape index (κ1) is 14.5. The van der Waals surface area contributed by atoms with E-state index in [4.69, 9.17) is 5.84 Å². The molecule has 20 heavy (non-hydrogen) atoms. The van der Waals surface area contributed by atoms with E-state index in [2.05, 4.69) is 5.32 Å². The maximum Gasteiger partial charge on any atom is 0.275 e. The Morgan fingerprint density at radius 1 is 1.35 bits per heavy atom. The minimum absolute atomic E-state index is 0.00298. The van der Waals surface area contributed by atoms with E-state index in [1.807, 2.05) is 5.43 Å². The van der Waals surface area contributed by atoms with Crippen molar-refractivity contribution in [1.82, 2.24) is 15.6 Å². The molecule has 0 aliphatic carbocycles. The fraction of sp³-hybridized carbons (Fsp3) is 0.417. The van der Waals surface area contributed by atoms with Crippen molar-refractivity contribution < 1.29 is 14.4 Å². The molecule has 1 aliphatic heterocycles. The summed E-state index contributed by atoms with van der Waals surface area (Å²) in [7, 11) is 0. The fourth-order valence-electron chi connectivity index (χ4n) is 2.15. The molecule has 2 rings (SSSR count). The third-order valence-corrected chi connectivity index (χ3v) is 4.13. The molecule has 0 aromatic carbocycles. The molecule has 2 heterocycles. The lowest BCUT2D eigenvalue weighted by Crippen LogP contribution is -2.37. The molecule has 0 spiro atoms. The van der Waals surface area contributed by atoms with Crippen LogP contribution in [0.4, 0.5) is 0 Å². The predicted molar refractivity (Wildman–Crippen MR) is 74.1 cm³/mol. The lowest BCUT2D eigenvalue weighted by Gasteiger charge is -2.15. The summed E-state index contributed by atoms with van der Waals surface area (Å²) in [6.07, 6.45) is 0.743. The van der Waals surface area contributed by atoms with Crippen molar-refractivity contribution in [2.75, 3.05) is 13.1 Å². The number of nitrogen functional groups attached to an aromatic ring is 1. The minimum atomic E-state index is -0.411. The molecule has 1 aromatic rings. The Morgan fingerprint density at radius 3 is 2.70 bits per heavy atom. The monoisotopic (exact) mass is 296 g/mol. The highest BCUT2D eigenvalue weighted by Crippen LogP contribution is 2.20. The van der Waals surface area contributed by atoms with Crippen molar-refractivity contribution in [3.8, 4) is 0 Å². The highest BCUT2D eigenvalue weighted by Gasteiger charge is 2.28. The van der Waals surface area contributed by atoms with E-state index in [1.54, 1.807) is 17.0 Å². The summed E-state index contributed by atoms with van der Waals surface area (Å²) in [5.74, 6) is 4.42. The van der Waals surface area contributed by atoms with Gasteiger partial charge in [0.05, 0.1) is 9.75 Å². The van der Waals surface area contributed by atoms with Gasteiger partial charge in [0.2, 0.25) is 5.91 Å². The van der Waals surface area contributed by atoms with Crippen molar-refractivity contribution in [2.24, 2.45) is 5.84 Å². The van der Waals surface area contributed by atoms with Gasteiger partial charge in [-0.1, -0.05) is 0 Å². The number of hydrazine groups is 1. The van der Waals surface area contributed by atoms with Crippen molar-refractivity contribution in [1.29, 1.82) is 0 Å². The SMILES string of the molecule is CC(=O)NC1CCN(C(=O)c2ccc(C(=O)NN)s2)C1. The number of nitrogens with two attached hydrogens (primary N) is 1. The number of nitrogens with zero attached hydrogens (tertiary/aromatic N) is 1. The largest absolute Gasteiger partial charge is 0.352 e. The first-order valence-corrected chi connectivity index (χ1v) is 7.00. The van der Waals surface area contributed by atoms with Gasteiger partial charge in [0.25, 0.3) is 11.8 Å². The highest BCUT2D eigenvalue weighted by atomic mass is 32.1. The molecule has 1 fully saturated rings. The molecule has 108 valence electrons. The van der Waals surface area contributed by atoms with Gasteiger partial charge in [0.1, 0.15) is 0 Å². The number of nitrogens with one attached hydrogen (secondary N) is 2. The quantitative estimate of drug-likeness (QED) is 0.405. The molecule has 3 amide bonds. The summed E-state index contributed by atoms with van der Waals surface area (Å²) < 4.78 is 0. The van der Waals surface area contributed by atoms with Crippen molar-refractivity contribution >= 4 is 29.1 Å². The second-order valence-electron chi connectivity index (χ2n) is 4.57. The summed E-state index contributed by atoms with van der Waals surface area (Å²) in [5, 5.41) is 2.80. The Bertz CT molecular complexity index is 543. The average molecular weight is 296 g/mol. The molecule has 0 bridgehead atoms. The molecular formula is C12H16N4O3S. The van der Waals surface area contributed by atoms with E-state index < -0.39 is 5.91 Å². The second kappa shape index (κ2) is 6.02. The number of amides is 3. The summed E-state index contributed by atoms with van der Waals surface area (Å²) in [4.78, 5) is 37.2. The number of carbonyl (C=O) groups excluding carboxylic acids is 3. The molecule has 4 N–H and O–H groups in total. The van der Waals surface area contributed by atoms with Gasteiger partial charge in [-0.2, -0.15) is 0 Å². The van der Waals surface area contributed by atoms with Crippen LogP contribution in [-0.4, -0.2) is 41.8 Å². The number of hydrogen-bond acceptors (Lipinski definition) is 5. The fourth-order valence-corrected chi connectivity index (χ4v) is 3.03. The van der Waals surface area contributed by atoms with Gasteiger partial charge in [0, 0.05) is 26.1 Å². The zero-order chi connectivity index (χ0) is 14.7. The van der Waals surface area contributed by atoms with Gasteiger partial charge in [-0.3, -0.25) is 19.8 Å². The lowest BCUT2D eigenvalue weighted by molar-refractivity contribution is -0.119. The molecular weight excluding hydrogens is 280 g/mol. The standard InChI is InChI=1S/C12H16N4O3S/c1-7(17)14-8-4-5-16(6-8)12(19)10-3-2-9(20-10)11(18)15-13/h2-3,8H,4-6,13H2,1H3,(H,14,17)(H,15,18). The van der Waals surface area contributed by atoms with Crippen LogP contribution in [0, 0.1) is 0 Å². The van der Waals surface area contributed by atoms with Crippen molar-refractivity contribution in [3.63, 3.8) is 0 Å². The molecule has 1 aromatic heterocycles. The van der Waals surface area contributed by atoms with Crippen LogP contribution in [0.25, 0.3) is 0 Å². The van der Waals surface area contributed by atoms with Gasteiger partial charge < -0.3 is 10.2 Å². The lowest BCUT2D eigenvalue weighted by atomic mass is 10.2. The Labute approximate surface area is 120 Å². The van der Waals surface area contributed by atoms with Crippen LogP contribution in [0.15, 0.2) is 12.1 Å². The first-order valence-electron chi connectivity index (χ1n) is 6.18. The van der Waals surface area contributed by atoms with Crippen LogP contribution in [0.3, 0.4) is 0 Å². The Hall–Kier alpha value is -1.93. The summed E-state index contributed by atoms with van der Waals surface area (Å²) >= 11 is 1.11. The first-order chi connectivity index (χ1) is 9.51. The molecule has 1 atom stereocenters. The maximum atomic E-state index is 12.3. The van der Waals surface area contributed by atoms with E-state index >= 15 is 0 Å². The summed E-state index contributed by atoms with van der Waals surface area (Å²) in [6, 6.07) is 3.19. The summed E-state index contributed by atoms with van der Waals surface area (Å²) in [5.41, 5.74) is 2.03. The van der Waals surface area contributed by atoms with Crippen LogP contribution in [0.1, 0.15) is 32.7 Å². The normalized spacial score (nSPS) is 17.9. The van der Waals surface area contributed by atoms with Crippen molar-refractivity contribution in [2.45, 2.75) is 19.4 Å². The highest BCUT2D eigenvalue weighted by molar-refractivity contribution is 7.15. The zero-order valence-electron chi connectivity index (χ0n) is 11.0. The molecule has 0 radical (unpaired) electrons. The van der Waals surface area contributed by atoms with Crippen LogP contribution < -0.4 is 16.6 Å². The Morgan fingerprint density at radius 2 is 2.05 bits per heavy atom. The molecule has 1 unspecified atom stereocenters. The second-order valence-corrected chi connectivity index (χ2v) is 5.66. The van der Waals surface area contributed by atoms with Gasteiger partial charge in [-0.25, -0.2) is 5.84 Å². The number of hydrogen-bond donors (Lipinski definition) is 3. The van der Waals surface area contributed by atoms with Gasteiger partial charge in [-0.15, -0.1) is 11.3 Å². The van der Waals surface area contributed by atoms with Crippen molar-refractivity contribution in [3.05, 3.63) is 21.9 Å². The Balaban J connectivity index is 2.00. The van der Waals surface area contributed by atoms with E-state index in [0.717, 1.165) is 17.8 Å².